The molecule has 0 saturated carbocycles. The molecule has 0 aliphatic rings. The van der Waals surface area contributed by atoms with Crippen molar-refractivity contribution >= 4 is 37.6 Å². The average Bonchev–Trinajstić information content (AvgIpc) is 2.33. The van der Waals surface area contributed by atoms with Gasteiger partial charge in [-0.2, -0.15) is 0 Å². The highest BCUT2D eigenvalue weighted by atomic mass is 79.9. The highest BCUT2D eigenvalue weighted by molar-refractivity contribution is 9.10. The zero-order valence-electron chi connectivity index (χ0n) is 9.29. The maximum absolute atomic E-state index is 13.6. The molecule has 0 aliphatic heterocycles. The van der Waals surface area contributed by atoms with Crippen LogP contribution >= 0.6 is 31.9 Å². The summed E-state index contributed by atoms with van der Waals surface area (Å²) >= 11 is 6.49. The summed E-state index contributed by atoms with van der Waals surface area (Å²) in [5.41, 5.74) is 0.992. The van der Waals surface area contributed by atoms with Crippen molar-refractivity contribution in [3.8, 4) is 0 Å². The van der Waals surface area contributed by atoms with Gasteiger partial charge in [0.15, 0.2) is 5.78 Å². The fourth-order valence-electron chi connectivity index (χ4n) is 1.58. The van der Waals surface area contributed by atoms with Gasteiger partial charge in [0.1, 0.15) is 5.82 Å². The van der Waals surface area contributed by atoms with E-state index in [-0.39, 0.29) is 18.0 Å². The first-order valence-electron chi connectivity index (χ1n) is 5.29. The quantitative estimate of drug-likeness (QED) is 0.710. The van der Waals surface area contributed by atoms with E-state index >= 15 is 0 Å². The summed E-state index contributed by atoms with van der Waals surface area (Å²) in [4.78, 5) is 12.0. The molecule has 0 unspecified atom stereocenters. The number of ketones is 1. The lowest BCUT2D eigenvalue weighted by Crippen LogP contribution is -2.05. The lowest BCUT2D eigenvalue weighted by atomic mass is 10.0. The summed E-state index contributed by atoms with van der Waals surface area (Å²) in [5.74, 6) is -0.460. The summed E-state index contributed by atoms with van der Waals surface area (Å²) in [5, 5.41) is 0. The van der Waals surface area contributed by atoms with Crippen molar-refractivity contribution in [3.05, 3.63) is 68.4 Å². The van der Waals surface area contributed by atoms with Gasteiger partial charge in [-0.05, 0) is 29.8 Å². The molecular weight excluding hydrogens is 363 g/mol. The smallest absolute Gasteiger partial charge is 0.167 e. The van der Waals surface area contributed by atoms with E-state index in [0.717, 1.165) is 4.47 Å². The van der Waals surface area contributed by atoms with Gasteiger partial charge in [0.25, 0.3) is 0 Å². The second kappa shape index (κ2) is 5.76. The summed E-state index contributed by atoms with van der Waals surface area (Å²) in [6.07, 6.45) is 0.0702. The van der Waals surface area contributed by atoms with E-state index in [4.69, 9.17) is 0 Å². The number of Topliss-reactive ketones (excluding diaryl/α,β-unsaturated/α-hetero) is 1. The Labute approximate surface area is 121 Å². The molecule has 0 radical (unpaired) electrons. The molecule has 2 aromatic carbocycles. The maximum atomic E-state index is 13.6. The average molecular weight is 372 g/mol. The van der Waals surface area contributed by atoms with Gasteiger partial charge >= 0.3 is 0 Å². The van der Waals surface area contributed by atoms with Crippen molar-refractivity contribution < 1.29 is 9.18 Å². The number of hydrogen-bond acceptors (Lipinski definition) is 1. The zero-order valence-corrected chi connectivity index (χ0v) is 12.5. The molecule has 1 nitrogen and oxygen atoms in total. The first-order valence-corrected chi connectivity index (χ1v) is 6.87. The van der Waals surface area contributed by atoms with Crippen molar-refractivity contribution in [2.45, 2.75) is 6.42 Å². The normalized spacial score (nSPS) is 10.4. The first-order chi connectivity index (χ1) is 8.56. The van der Waals surface area contributed by atoms with Gasteiger partial charge in [-0.1, -0.05) is 50.1 Å². The van der Waals surface area contributed by atoms with Crippen molar-refractivity contribution in [1.29, 1.82) is 0 Å². The highest BCUT2D eigenvalue weighted by Crippen LogP contribution is 2.18. The Hall–Kier alpha value is -1.00. The lowest BCUT2D eigenvalue weighted by Gasteiger charge is -2.04. The van der Waals surface area contributed by atoms with Crippen LogP contribution < -0.4 is 0 Å². The maximum Gasteiger partial charge on any atom is 0.167 e. The van der Waals surface area contributed by atoms with E-state index in [2.05, 4.69) is 31.9 Å². The predicted molar refractivity (Wildman–Crippen MR) is 76.3 cm³/mol. The molecule has 4 heteroatoms. The third-order valence-corrected chi connectivity index (χ3v) is 3.55. The van der Waals surface area contributed by atoms with E-state index < -0.39 is 0 Å². The van der Waals surface area contributed by atoms with Gasteiger partial charge in [0.2, 0.25) is 0 Å². The van der Waals surface area contributed by atoms with Gasteiger partial charge in [0, 0.05) is 20.9 Å². The van der Waals surface area contributed by atoms with E-state index in [1.165, 1.54) is 6.07 Å². The molecule has 92 valence electrons. The minimum atomic E-state index is -0.366. The van der Waals surface area contributed by atoms with Gasteiger partial charge in [-0.25, -0.2) is 4.39 Å². The molecular formula is C14H9Br2FO. The minimum absolute atomic E-state index is 0.0702. The highest BCUT2D eigenvalue weighted by Gasteiger charge is 2.10. The summed E-state index contributed by atoms with van der Waals surface area (Å²) in [6, 6.07) is 11.8. The molecule has 0 spiro atoms. The topological polar surface area (TPSA) is 17.1 Å². The van der Waals surface area contributed by atoms with Crippen molar-refractivity contribution in [2.75, 3.05) is 0 Å². The van der Waals surface area contributed by atoms with Gasteiger partial charge < -0.3 is 0 Å². The molecule has 0 saturated heterocycles. The lowest BCUT2D eigenvalue weighted by molar-refractivity contribution is 0.0992. The molecule has 0 bridgehead atoms. The number of hydrogen-bond donors (Lipinski definition) is 0. The number of carbonyl (C=O) groups is 1. The van der Waals surface area contributed by atoms with Crippen molar-refractivity contribution in [3.63, 3.8) is 0 Å². The largest absolute Gasteiger partial charge is 0.294 e. The predicted octanol–water partition coefficient (Wildman–Crippen LogP) is 4.78. The second-order valence-corrected chi connectivity index (χ2v) is 5.67. The van der Waals surface area contributed by atoms with Crippen molar-refractivity contribution in [1.82, 2.24) is 0 Å². The van der Waals surface area contributed by atoms with Crippen LogP contribution in [-0.4, -0.2) is 5.78 Å². The fourth-order valence-corrected chi connectivity index (χ4v) is 2.17. The van der Waals surface area contributed by atoms with Crippen LogP contribution in [0.2, 0.25) is 0 Å². The SMILES string of the molecule is O=C(Cc1ccc(Br)cc1F)c1ccc(Br)cc1. The molecule has 18 heavy (non-hydrogen) atoms. The molecule has 2 rings (SSSR count). The van der Waals surface area contributed by atoms with Crippen LogP contribution in [0.4, 0.5) is 4.39 Å². The number of carbonyl (C=O) groups excluding carboxylic acids is 1. The van der Waals surface area contributed by atoms with Crippen LogP contribution in [0.25, 0.3) is 0 Å². The first kappa shape index (κ1) is 13.4. The molecule has 0 amide bonds. The Bertz CT molecular complexity index is 579. The number of benzene rings is 2. The van der Waals surface area contributed by atoms with Crippen LogP contribution in [-0.2, 0) is 6.42 Å². The van der Waals surface area contributed by atoms with Gasteiger partial charge in [0.05, 0.1) is 0 Å². The standard InChI is InChI=1S/C14H9Br2FO/c15-11-4-1-9(2-5-11)14(18)7-10-3-6-12(16)8-13(10)17/h1-6,8H,7H2. The zero-order chi connectivity index (χ0) is 13.1. The van der Waals surface area contributed by atoms with Gasteiger partial charge in [-0.15, -0.1) is 0 Å². The third kappa shape index (κ3) is 3.27. The van der Waals surface area contributed by atoms with E-state index in [1.807, 2.05) is 0 Å². The summed E-state index contributed by atoms with van der Waals surface area (Å²) in [7, 11) is 0. The van der Waals surface area contributed by atoms with Crippen LogP contribution in [0.3, 0.4) is 0 Å². The van der Waals surface area contributed by atoms with Crippen LogP contribution in [0.1, 0.15) is 15.9 Å². The minimum Gasteiger partial charge on any atom is -0.294 e. The van der Waals surface area contributed by atoms with E-state index in [0.29, 0.717) is 15.6 Å². The van der Waals surface area contributed by atoms with Crippen LogP contribution in [0, 0.1) is 5.82 Å². The van der Waals surface area contributed by atoms with Crippen molar-refractivity contribution in [2.24, 2.45) is 0 Å². The van der Waals surface area contributed by atoms with Crippen LogP contribution in [0.15, 0.2) is 51.4 Å². The summed E-state index contributed by atoms with van der Waals surface area (Å²) in [6.45, 7) is 0. The Balaban J connectivity index is 2.18. The second-order valence-electron chi connectivity index (χ2n) is 3.84. The Morgan fingerprint density at radius 2 is 1.61 bits per heavy atom. The van der Waals surface area contributed by atoms with Crippen LogP contribution in [0.5, 0.6) is 0 Å². The Kier molecular flexibility index (Phi) is 4.30. The van der Waals surface area contributed by atoms with E-state index in [1.54, 1.807) is 36.4 Å². The molecule has 0 N–H and O–H groups in total. The number of rotatable bonds is 3. The monoisotopic (exact) mass is 370 g/mol. The molecule has 0 fully saturated rings. The fraction of sp³-hybridized carbons (Fsp3) is 0.0714. The van der Waals surface area contributed by atoms with E-state index in [9.17, 15) is 9.18 Å². The molecule has 0 heterocycles. The van der Waals surface area contributed by atoms with Gasteiger partial charge in [-0.3, -0.25) is 4.79 Å². The third-order valence-electron chi connectivity index (χ3n) is 2.53. The Morgan fingerprint density at radius 3 is 2.22 bits per heavy atom. The molecule has 2 aromatic rings. The molecule has 0 aromatic heterocycles. The molecule has 0 aliphatic carbocycles. The summed E-state index contributed by atoms with van der Waals surface area (Å²) < 4.78 is 15.2. The molecule has 0 atom stereocenters. The Morgan fingerprint density at radius 1 is 1.00 bits per heavy atom. The number of halogens is 3.